The highest BCUT2D eigenvalue weighted by atomic mass is 35.5. The lowest BCUT2D eigenvalue weighted by Gasteiger charge is -2.33. The number of phenolic OH excluding ortho intramolecular Hbond substituents is 1. The Kier molecular flexibility index (Phi) is 4.49. The predicted molar refractivity (Wildman–Crippen MR) is 74.8 cm³/mol. The van der Waals surface area contributed by atoms with Crippen molar-refractivity contribution in [1.29, 1.82) is 0 Å². The van der Waals surface area contributed by atoms with Gasteiger partial charge in [0.15, 0.2) is 0 Å². The number of aromatic hydroxyl groups is 1. The molecule has 0 bridgehead atoms. The molecule has 0 aromatic heterocycles. The van der Waals surface area contributed by atoms with E-state index in [-0.39, 0.29) is 11.8 Å². The zero-order valence-corrected chi connectivity index (χ0v) is 11.5. The van der Waals surface area contributed by atoms with Gasteiger partial charge in [-0.05, 0) is 50.9 Å². The molecule has 1 saturated heterocycles. The average molecular weight is 269 g/mol. The SMILES string of the molecule is CC(N)C1CCN(Cc2c(O)cccc2Cl)CC1. The summed E-state index contributed by atoms with van der Waals surface area (Å²) in [6.07, 6.45) is 2.26. The van der Waals surface area contributed by atoms with Crippen molar-refractivity contribution in [3.8, 4) is 5.75 Å². The normalized spacial score (nSPS) is 19.9. The molecule has 0 saturated carbocycles. The summed E-state index contributed by atoms with van der Waals surface area (Å²) in [5.41, 5.74) is 6.77. The number of rotatable bonds is 3. The molecular formula is C14H21ClN2O. The van der Waals surface area contributed by atoms with Crippen LogP contribution < -0.4 is 5.73 Å². The first kappa shape index (κ1) is 13.7. The molecule has 0 amide bonds. The van der Waals surface area contributed by atoms with Crippen LogP contribution in [0.1, 0.15) is 25.3 Å². The third-order valence-corrected chi connectivity index (χ3v) is 4.21. The molecule has 18 heavy (non-hydrogen) atoms. The number of nitrogens with two attached hydrogens (primary N) is 1. The van der Waals surface area contributed by atoms with Gasteiger partial charge >= 0.3 is 0 Å². The van der Waals surface area contributed by atoms with Crippen molar-refractivity contribution in [3.05, 3.63) is 28.8 Å². The second-order valence-electron chi connectivity index (χ2n) is 5.21. The van der Waals surface area contributed by atoms with E-state index in [1.807, 2.05) is 6.07 Å². The van der Waals surface area contributed by atoms with E-state index < -0.39 is 0 Å². The number of benzene rings is 1. The molecule has 1 heterocycles. The minimum Gasteiger partial charge on any atom is -0.508 e. The maximum absolute atomic E-state index is 9.83. The summed E-state index contributed by atoms with van der Waals surface area (Å²) in [7, 11) is 0. The lowest BCUT2D eigenvalue weighted by molar-refractivity contribution is 0.164. The number of nitrogens with zero attached hydrogens (tertiary/aromatic N) is 1. The van der Waals surface area contributed by atoms with E-state index in [1.54, 1.807) is 12.1 Å². The molecule has 1 aromatic carbocycles. The molecule has 3 nitrogen and oxygen atoms in total. The molecular weight excluding hydrogens is 248 g/mol. The van der Waals surface area contributed by atoms with E-state index in [0.717, 1.165) is 38.0 Å². The molecule has 4 heteroatoms. The maximum Gasteiger partial charge on any atom is 0.121 e. The Hall–Kier alpha value is -0.770. The van der Waals surface area contributed by atoms with Crippen molar-refractivity contribution in [2.24, 2.45) is 11.7 Å². The van der Waals surface area contributed by atoms with Crippen LogP contribution in [0.2, 0.25) is 5.02 Å². The smallest absolute Gasteiger partial charge is 0.121 e. The molecule has 1 aliphatic rings. The van der Waals surface area contributed by atoms with Gasteiger partial charge in [-0.25, -0.2) is 0 Å². The summed E-state index contributed by atoms with van der Waals surface area (Å²) in [6.45, 7) is 4.85. The van der Waals surface area contributed by atoms with Gasteiger partial charge in [0.2, 0.25) is 0 Å². The van der Waals surface area contributed by atoms with Gasteiger partial charge in [0.1, 0.15) is 5.75 Å². The molecule has 1 unspecified atom stereocenters. The van der Waals surface area contributed by atoms with Crippen molar-refractivity contribution >= 4 is 11.6 Å². The van der Waals surface area contributed by atoms with Gasteiger partial charge in [-0.2, -0.15) is 0 Å². The van der Waals surface area contributed by atoms with Crippen molar-refractivity contribution in [3.63, 3.8) is 0 Å². The van der Waals surface area contributed by atoms with Gasteiger partial charge in [0, 0.05) is 23.2 Å². The lowest BCUT2D eigenvalue weighted by Crippen LogP contribution is -2.39. The quantitative estimate of drug-likeness (QED) is 0.886. The van der Waals surface area contributed by atoms with Crippen LogP contribution in [0.25, 0.3) is 0 Å². The summed E-state index contributed by atoms with van der Waals surface area (Å²) in [5.74, 6) is 0.915. The van der Waals surface area contributed by atoms with Crippen LogP contribution in [-0.2, 0) is 6.54 Å². The van der Waals surface area contributed by atoms with Crippen molar-refractivity contribution in [2.45, 2.75) is 32.4 Å². The molecule has 0 aliphatic carbocycles. The number of piperidine rings is 1. The third-order valence-electron chi connectivity index (χ3n) is 3.85. The fourth-order valence-corrected chi connectivity index (χ4v) is 2.79. The van der Waals surface area contributed by atoms with Crippen LogP contribution in [-0.4, -0.2) is 29.1 Å². The van der Waals surface area contributed by atoms with Gasteiger partial charge < -0.3 is 10.8 Å². The van der Waals surface area contributed by atoms with Gasteiger partial charge in [-0.15, -0.1) is 0 Å². The second-order valence-corrected chi connectivity index (χ2v) is 5.62. The van der Waals surface area contributed by atoms with Crippen LogP contribution >= 0.6 is 11.6 Å². The van der Waals surface area contributed by atoms with E-state index in [9.17, 15) is 5.11 Å². The monoisotopic (exact) mass is 268 g/mol. The average Bonchev–Trinajstić information content (AvgIpc) is 2.34. The number of hydrogen-bond acceptors (Lipinski definition) is 3. The van der Waals surface area contributed by atoms with Gasteiger partial charge in [-0.1, -0.05) is 17.7 Å². The van der Waals surface area contributed by atoms with Gasteiger partial charge in [0.25, 0.3) is 0 Å². The first-order valence-electron chi connectivity index (χ1n) is 6.52. The predicted octanol–water partition coefficient (Wildman–Crippen LogP) is 2.60. The third kappa shape index (κ3) is 3.16. The molecule has 0 radical (unpaired) electrons. The van der Waals surface area contributed by atoms with Crippen molar-refractivity contribution in [2.75, 3.05) is 13.1 Å². The van der Waals surface area contributed by atoms with E-state index >= 15 is 0 Å². The fraction of sp³-hybridized carbons (Fsp3) is 0.571. The van der Waals surface area contributed by atoms with Crippen molar-refractivity contribution < 1.29 is 5.11 Å². The maximum atomic E-state index is 9.83. The van der Waals surface area contributed by atoms with Crippen LogP contribution in [0.3, 0.4) is 0 Å². The van der Waals surface area contributed by atoms with E-state index in [4.69, 9.17) is 17.3 Å². The molecule has 1 atom stereocenters. The van der Waals surface area contributed by atoms with E-state index in [2.05, 4.69) is 11.8 Å². The highest BCUT2D eigenvalue weighted by Crippen LogP contribution is 2.28. The summed E-state index contributed by atoms with van der Waals surface area (Å²) >= 11 is 6.12. The largest absolute Gasteiger partial charge is 0.508 e. The van der Waals surface area contributed by atoms with E-state index in [1.165, 1.54) is 0 Å². The summed E-state index contributed by atoms with van der Waals surface area (Å²) < 4.78 is 0. The van der Waals surface area contributed by atoms with Crippen LogP contribution in [0.4, 0.5) is 0 Å². The Morgan fingerprint density at radius 2 is 2.11 bits per heavy atom. The lowest BCUT2D eigenvalue weighted by atomic mass is 9.91. The zero-order chi connectivity index (χ0) is 13.1. The van der Waals surface area contributed by atoms with Crippen molar-refractivity contribution in [1.82, 2.24) is 4.90 Å². The molecule has 1 aliphatic heterocycles. The van der Waals surface area contributed by atoms with Gasteiger partial charge in [-0.3, -0.25) is 4.90 Å². The topological polar surface area (TPSA) is 49.5 Å². The molecule has 100 valence electrons. The molecule has 2 rings (SSSR count). The molecule has 0 spiro atoms. The van der Waals surface area contributed by atoms with Crippen LogP contribution in [0.15, 0.2) is 18.2 Å². The molecule has 1 aromatic rings. The zero-order valence-electron chi connectivity index (χ0n) is 10.8. The Bertz CT molecular complexity index is 381. The molecule has 3 N–H and O–H groups in total. The second kappa shape index (κ2) is 5.91. The standard InChI is InChI=1S/C14H21ClN2O/c1-10(16)11-5-7-17(8-6-11)9-12-13(15)3-2-4-14(12)18/h2-4,10-11,18H,5-9,16H2,1H3. The number of hydrogen-bond donors (Lipinski definition) is 2. The summed E-state index contributed by atoms with van der Waals surface area (Å²) in [4.78, 5) is 2.33. The first-order valence-corrected chi connectivity index (χ1v) is 6.90. The minimum atomic E-state index is 0.279. The Morgan fingerprint density at radius 3 is 2.67 bits per heavy atom. The minimum absolute atomic E-state index is 0.279. The number of halogens is 1. The Labute approximate surface area is 114 Å². The number of phenols is 1. The van der Waals surface area contributed by atoms with Crippen LogP contribution in [0.5, 0.6) is 5.75 Å². The summed E-state index contributed by atoms with van der Waals surface area (Å²) in [6, 6.07) is 5.56. The highest BCUT2D eigenvalue weighted by molar-refractivity contribution is 6.31. The van der Waals surface area contributed by atoms with E-state index in [0.29, 0.717) is 10.9 Å². The van der Waals surface area contributed by atoms with Crippen LogP contribution in [0, 0.1) is 5.92 Å². The number of likely N-dealkylation sites (tertiary alicyclic amines) is 1. The Morgan fingerprint density at radius 1 is 1.44 bits per heavy atom. The highest BCUT2D eigenvalue weighted by Gasteiger charge is 2.22. The summed E-state index contributed by atoms with van der Waals surface area (Å²) in [5, 5.41) is 10.5. The fourth-order valence-electron chi connectivity index (χ4n) is 2.56. The van der Waals surface area contributed by atoms with Gasteiger partial charge in [0.05, 0.1) is 0 Å². The molecule has 1 fully saturated rings. The Balaban J connectivity index is 1.96. The first-order chi connectivity index (χ1) is 8.58.